The first kappa shape index (κ1) is 18.4. The van der Waals surface area contributed by atoms with E-state index in [9.17, 15) is 9.90 Å². The van der Waals surface area contributed by atoms with Crippen LogP contribution in [0.3, 0.4) is 0 Å². The van der Waals surface area contributed by atoms with E-state index in [1.165, 1.54) is 13.1 Å². The second-order valence-corrected chi connectivity index (χ2v) is 5.67. The summed E-state index contributed by atoms with van der Waals surface area (Å²) in [6, 6.07) is 11.7. The van der Waals surface area contributed by atoms with E-state index in [2.05, 4.69) is 9.98 Å². The zero-order valence-corrected chi connectivity index (χ0v) is 14.9. The molecule has 1 N–H and O–H groups in total. The monoisotopic (exact) mass is 338 g/mol. The number of nitrogens with zero attached hydrogens (tertiary/aromatic N) is 2. The van der Waals surface area contributed by atoms with Crippen molar-refractivity contribution >= 4 is 17.9 Å². The van der Waals surface area contributed by atoms with Gasteiger partial charge in [-0.1, -0.05) is 12.1 Å². The lowest BCUT2D eigenvalue weighted by Crippen LogP contribution is -2.10. The molecule has 2 rings (SSSR count). The molecule has 5 heteroatoms. The number of aliphatic imine (C=N–C) groups is 1. The fourth-order valence-corrected chi connectivity index (χ4v) is 2.41. The number of rotatable bonds is 5. The number of aryl methyl sites for hydroxylation is 2. The largest absolute Gasteiger partial charge is 0.512 e. The molecule has 1 aromatic carbocycles. The van der Waals surface area contributed by atoms with Crippen LogP contribution in [0.15, 0.2) is 52.7 Å². The molecule has 25 heavy (non-hydrogen) atoms. The SMILES string of the molecule is CCOC(=O)C(C=Nc1cccc(-c2cc(C)nc(C)c2)c1)=C(C)O. The Balaban J connectivity index is 2.32. The van der Waals surface area contributed by atoms with Gasteiger partial charge in [0.15, 0.2) is 0 Å². The molecule has 0 unspecified atom stereocenters. The van der Waals surface area contributed by atoms with Gasteiger partial charge in [-0.25, -0.2) is 4.79 Å². The summed E-state index contributed by atoms with van der Waals surface area (Å²) >= 11 is 0. The summed E-state index contributed by atoms with van der Waals surface area (Å²) in [5.74, 6) is -0.721. The Kier molecular flexibility index (Phi) is 6.06. The Labute approximate surface area is 147 Å². The number of aliphatic hydroxyl groups excluding tert-OH is 1. The Morgan fingerprint density at radius 1 is 1.20 bits per heavy atom. The smallest absolute Gasteiger partial charge is 0.343 e. The molecule has 0 aliphatic rings. The summed E-state index contributed by atoms with van der Waals surface area (Å²) in [7, 11) is 0. The van der Waals surface area contributed by atoms with Crippen molar-refractivity contribution in [1.29, 1.82) is 0 Å². The second kappa shape index (κ2) is 8.24. The summed E-state index contributed by atoms with van der Waals surface area (Å²) in [5, 5.41) is 9.66. The van der Waals surface area contributed by atoms with E-state index in [1.807, 2.05) is 50.2 Å². The number of aliphatic hydroxyl groups is 1. The molecule has 2 aromatic rings. The highest BCUT2D eigenvalue weighted by Gasteiger charge is 2.11. The van der Waals surface area contributed by atoms with Crippen LogP contribution in [0.25, 0.3) is 11.1 Å². The van der Waals surface area contributed by atoms with E-state index in [4.69, 9.17) is 4.74 Å². The number of allylic oxidation sites excluding steroid dienone is 1. The summed E-state index contributed by atoms with van der Waals surface area (Å²) in [5.41, 5.74) is 4.68. The summed E-state index contributed by atoms with van der Waals surface area (Å²) in [6.07, 6.45) is 1.33. The number of hydrogen-bond donors (Lipinski definition) is 1. The fraction of sp³-hybridized carbons (Fsp3) is 0.250. The predicted molar refractivity (Wildman–Crippen MR) is 99.3 cm³/mol. The van der Waals surface area contributed by atoms with Crippen molar-refractivity contribution in [3.63, 3.8) is 0 Å². The highest BCUT2D eigenvalue weighted by molar-refractivity contribution is 6.10. The van der Waals surface area contributed by atoms with Crippen LogP contribution < -0.4 is 0 Å². The molecular formula is C20H22N2O3. The number of benzene rings is 1. The van der Waals surface area contributed by atoms with E-state index in [-0.39, 0.29) is 17.9 Å². The molecule has 0 saturated heterocycles. The summed E-state index contributed by atoms with van der Waals surface area (Å²) in [4.78, 5) is 20.5. The zero-order valence-electron chi connectivity index (χ0n) is 14.9. The maximum atomic E-state index is 11.8. The van der Waals surface area contributed by atoms with Crippen molar-refractivity contribution in [3.05, 3.63) is 59.1 Å². The van der Waals surface area contributed by atoms with Gasteiger partial charge in [0.2, 0.25) is 0 Å². The van der Waals surface area contributed by atoms with Gasteiger partial charge in [-0.2, -0.15) is 0 Å². The second-order valence-electron chi connectivity index (χ2n) is 5.67. The normalized spacial score (nSPS) is 12.2. The maximum Gasteiger partial charge on any atom is 0.343 e. The quantitative estimate of drug-likeness (QED) is 0.378. The van der Waals surface area contributed by atoms with Gasteiger partial charge in [-0.15, -0.1) is 0 Å². The highest BCUT2D eigenvalue weighted by Crippen LogP contribution is 2.25. The molecule has 0 radical (unpaired) electrons. The van der Waals surface area contributed by atoms with E-state index in [0.717, 1.165) is 22.5 Å². The third kappa shape index (κ3) is 5.01. The minimum Gasteiger partial charge on any atom is -0.512 e. The van der Waals surface area contributed by atoms with Crippen LogP contribution in [0.5, 0.6) is 0 Å². The van der Waals surface area contributed by atoms with Gasteiger partial charge < -0.3 is 9.84 Å². The van der Waals surface area contributed by atoms with E-state index < -0.39 is 5.97 Å². The van der Waals surface area contributed by atoms with Gasteiger partial charge in [0.05, 0.1) is 12.3 Å². The van der Waals surface area contributed by atoms with Crippen molar-refractivity contribution < 1.29 is 14.6 Å². The first-order chi connectivity index (χ1) is 11.9. The standard InChI is InChI=1S/C20H22N2O3/c1-5-25-20(24)19(15(4)23)12-21-18-8-6-7-16(11-18)17-9-13(2)22-14(3)10-17/h6-12,23H,5H2,1-4H3. The fourth-order valence-electron chi connectivity index (χ4n) is 2.41. The van der Waals surface area contributed by atoms with Crippen LogP contribution in [0.2, 0.25) is 0 Å². The van der Waals surface area contributed by atoms with Crippen LogP contribution in [-0.4, -0.2) is 28.9 Å². The van der Waals surface area contributed by atoms with Gasteiger partial charge in [0.1, 0.15) is 11.3 Å². The lowest BCUT2D eigenvalue weighted by molar-refractivity contribution is -0.138. The van der Waals surface area contributed by atoms with Crippen molar-refractivity contribution in [2.45, 2.75) is 27.7 Å². The Morgan fingerprint density at radius 3 is 2.48 bits per heavy atom. The lowest BCUT2D eigenvalue weighted by Gasteiger charge is -2.06. The maximum absolute atomic E-state index is 11.8. The highest BCUT2D eigenvalue weighted by atomic mass is 16.5. The average molecular weight is 338 g/mol. The van der Waals surface area contributed by atoms with Crippen LogP contribution in [0.1, 0.15) is 25.2 Å². The molecule has 0 atom stereocenters. The Morgan fingerprint density at radius 2 is 1.88 bits per heavy atom. The summed E-state index contributed by atoms with van der Waals surface area (Å²) < 4.78 is 4.92. The molecule has 0 aliphatic heterocycles. The first-order valence-corrected chi connectivity index (χ1v) is 8.07. The Hall–Kier alpha value is -2.95. The average Bonchev–Trinajstić information content (AvgIpc) is 2.54. The molecular weight excluding hydrogens is 316 g/mol. The van der Waals surface area contributed by atoms with Crippen molar-refractivity contribution in [2.24, 2.45) is 4.99 Å². The number of esters is 1. The third-order valence-electron chi connectivity index (χ3n) is 3.49. The van der Waals surface area contributed by atoms with E-state index in [1.54, 1.807) is 6.92 Å². The molecule has 1 aromatic heterocycles. The summed E-state index contributed by atoms with van der Waals surface area (Å²) in [6.45, 7) is 7.29. The molecule has 0 spiro atoms. The number of hydrogen-bond acceptors (Lipinski definition) is 5. The van der Waals surface area contributed by atoms with Crippen LogP contribution in [0, 0.1) is 13.8 Å². The number of carbonyl (C=O) groups is 1. The van der Waals surface area contributed by atoms with E-state index >= 15 is 0 Å². The number of carbonyl (C=O) groups excluding carboxylic acids is 1. The number of ether oxygens (including phenoxy) is 1. The molecule has 130 valence electrons. The zero-order chi connectivity index (χ0) is 18.4. The molecule has 0 aliphatic carbocycles. The Bertz CT molecular complexity index is 814. The molecule has 0 fully saturated rings. The topological polar surface area (TPSA) is 71.8 Å². The minimum absolute atomic E-state index is 0.0443. The van der Waals surface area contributed by atoms with Gasteiger partial charge in [0.25, 0.3) is 0 Å². The van der Waals surface area contributed by atoms with Crippen LogP contribution >= 0.6 is 0 Å². The molecule has 0 bridgehead atoms. The van der Waals surface area contributed by atoms with Crippen molar-refractivity contribution in [1.82, 2.24) is 4.98 Å². The van der Waals surface area contributed by atoms with Gasteiger partial charge >= 0.3 is 5.97 Å². The predicted octanol–water partition coefficient (Wildman–Crippen LogP) is 4.46. The van der Waals surface area contributed by atoms with Crippen molar-refractivity contribution in [2.75, 3.05) is 6.61 Å². The van der Waals surface area contributed by atoms with Gasteiger partial charge in [-0.05, 0) is 63.1 Å². The minimum atomic E-state index is -0.595. The van der Waals surface area contributed by atoms with Gasteiger partial charge in [-0.3, -0.25) is 9.98 Å². The van der Waals surface area contributed by atoms with Crippen LogP contribution in [0.4, 0.5) is 5.69 Å². The van der Waals surface area contributed by atoms with Crippen molar-refractivity contribution in [3.8, 4) is 11.1 Å². The molecule has 5 nitrogen and oxygen atoms in total. The molecule has 1 heterocycles. The molecule has 0 saturated carbocycles. The molecule has 0 amide bonds. The number of aromatic nitrogens is 1. The van der Waals surface area contributed by atoms with E-state index in [0.29, 0.717) is 5.69 Å². The van der Waals surface area contributed by atoms with Crippen LogP contribution in [-0.2, 0) is 9.53 Å². The lowest BCUT2D eigenvalue weighted by atomic mass is 10.0. The third-order valence-corrected chi connectivity index (χ3v) is 3.49. The number of pyridine rings is 1. The first-order valence-electron chi connectivity index (χ1n) is 8.07. The van der Waals surface area contributed by atoms with Gasteiger partial charge in [0, 0.05) is 17.6 Å².